The number of unbranched alkanes of at least 4 members (excludes halogenated alkanes) is 3. The highest BCUT2D eigenvalue weighted by Gasteiger charge is 2.36. The predicted octanol–water partition coefficient (Wildman–Crippen LogP) is 1.13. The fourth-order valence-corrected chi connectivity index (χ4v) is 1.88. The van der Waals surface area contributed by atoms with Gasteiger partial charge in [0.15, 0.2) is 5.66 Å². The molecule has 0 heterocycles. The molecule has 0 aromatic heterocycles. The normalized spacial score (nSPS) is 14.0. The van der Waals surface area contributed by atoms with Crippen LogP contribution in [-0.4, -0.2) is 27.0 Å². The maximum absolute atomic E-state index is 10.6. The first kappa shape index (κ1) is 13.8. The molecule has 1 atom stereocenters. The zero-order valence-electron chi connectivity index (χ0n) is 8.22. The molecule has 5 nitrogen and oxygen atoms in total. The van der Waals surface area contributed by atoms with E-state index in [2.05, 4.69) is 0 Å². The smallest absolute Gasteiger partial charge is 0.327 e. The third-order valence-corrected chi connectivity index (χ3v) is 3.15. The first-order chi connectivity index (χ1) is 6.39. The predicted molar refractivity (Wildman–Crippen MR) is 50.2 cm³/mol. The quantitative estimate of drug-likeness (QED) is 0.342. The second-order valence-corrected chi connectivity index (χ2v) is 4.53. The molecule has 6 heteroatoms. The highest BCUT2D eigenvalue weighted by atomic mass is 31.1. The fraction of sp³-hybridized carbons (Fsp3) is 1.00. The van der Waals surface area contributed by atoms with E-state index in [0.29, 0.717) is 6.42 Å². The fourth-order valence-electron chi connectivity index (χ4n) is 1.20. The van der Waals surface area contributed by atoms with Gasteiger partial charge in [0, 0.05) is 0 Å². The van der Waals surface area contributed by atoms with Gasteiger partial charge in [-0.25, -0.2) is 9.13 Å². The van der Waals surface area contributed by atoms with E-state index in [9.17, 15) is 9.13 Å². The van der Waals surface area contributed by atoms with E-state index < -0.39 is 19.3 Å². The minimum Gasteiger partial charge on any atom is -0.343 e. The molecule has 0 saturated carbocycles. The third-order valence-electron chi connectivity index (χ3n) is 2.03. The average Bonchev–Trinajstić information content (AvgIpc) is 2.01. The minimum absolute atomic E-state index is 0.0716. The van der Waals surface area contributed by atoms with Crippen molar-refractivity contribution in [3.05, 3.63) is 0 Å². The summed E-state index contributed by atoms with van der Waals surface area (Å²) < 4.78 is 21.1. The third kappa shape index (κ3) is 5.50. The Balaban J connectivity index is 4.00. The topological polar surface area (TPSA) is 94.8 Å². The van der Waals surface area contributed by atoms with Crippen LogP contribution >= 0.6 is 7.68 Å². The molecule has 0 aliphatic rings. The second-order valence-electron chi connectivity index (χ2n) is 3.34. The average molecular weight is 224 g/mol. The van der Waals surface area contributed by atoms with Gasteiger partial charge < -0.3 is 15.3 Å². The number of hydrogen-bond acceptors (Lipinski definition) is 5. The van der Waals surface area contributed by atoms with Crippen LogP contribution in [0.4, 0.5) is 0 Å². The van der Waals surface area contributed by atoms with Gasteiger partial charge in [0.1, 0.15) is 0 Å². The van der Waals surface area contributed by atoms with Gasteiger partial charge in [-0.3, -0.25) is 0 Å². The molecule has 1 unspecified atom stereocenters. The SMILES string of the molecule is CCCCCCC(P(=O)=O)C(O)(O)O. The van der Waals surface area contributed by atoms with Crippen LogP contribution in [0.25, 0.3) is 0 Å². The van der Waals surface area contributed by atoms with Gasteiger partial charge in [-0.2, -0.15) is 0 Å². The Morgan fingerprint density at radius 1 is 1.14 bits per heavy atom. The van der Waals surface area contributed by atoms with Crippen molar-refractivity contribution in [3.63, 3.8) is 0 Å². The van der Waals surface area contributed by atoms with E-state index in [1.807, 2.05) is 6.92 Å². The summed E-state index contributed by atoms with van der Waals surface area (Å²) in [6.07, 6.45) is 3.44. The summed E-state index contributed by atoms with van der Waals surface area (Å²) in [5.41, 5.74) is -1.49. The number of aliphatic hydroxyl groups is 3. The van der Waals surface area contributed by atoms with Crippen LogP contribution in [0, 0.1) is 0 Å². The van der Waals surface area contributed by atoms with Gasteiger partial charge in [-0.1, -0.05) is 32.6 Å². The molecule has 0 aliphatic heterocycles. The van der Waals surface area contributed by atoms with Crippen molar-refractivity contribution < 1.29 is 24.4 Å². The van der Waals surface area contributed by atoms with E-state index in [4.69, 9.17) is 15.3 Å². The molecular formula is C8H17O5P. The molecule has 0 saturated heterocycles. The van der Waals surface area contributed by atoms with E-state index in [-0.39, 0.29) is 6.42 Å². The Morgan fingerprint density at radius 2 is 1.71 bits per heavy atom. The number of hydrogen-bond donors (Lipinski definition) is 3. The van der Waals surface area contributed by atoms with Gasteiger partial charge in [-0.15, -0.1) is 0 Å². The molecule has 0 amide bonds. The Kier molecular flexibility index (Phi) is 6.20. The summed E-state index contributed by atoms with van der Waals surface area (Å²) in [6, 6.07) is 0. The van der Waals surface area contributed by atoms with Crippen LogP contribution in [0.3, 0.4) is 0 Å². The molecular weight excluding hydrogens is 207 g/mol. The second kappa shape index (κ2) is 6.30. The maximum Gasteiger partial charge on any atom is 0.327 e. The van der Waals surface area contributed by atoms with Crippen molar-refractivity contribution in [2.45, 2.75) is 50.7 Å². The van der Waals surface area contributed by atoms with Crippen LogP contribution in [-0.2, 0) is 9.13 Å². The standard InChI is InChI=1S/C8H17O5P/c1-2-3-4-5-6-7(14(12)13)8(9,10)11/h7,9-11H,2-6H2,1H3. The van der Waals surface area contributed by atoms with E-state index in [0.717, 1.165) is 19.3 Å². The summed E-state index contributed by atoms with van der Waals surface area (Å²) >= 11 is 0. The molecule has 0 bridgehead atoms. The van der Waals surface area contributed by atoms with Gasteiger partial charge in [0.05, 0.1) is 0 Å². The highest BCUT2D eigenvalue weighted by molar-refractivity contribution is 7.31. The zero-order valence-corrected chi connectivity index (χ0v) is 9.11. The molecule has 0 radical (unpaired) electrons. The largest absolute Gasteiger partial charge is 0.343 e. The van der Waals surface area contributed by atoms with Gasteiger partial charge in [-0.05, 0) is 6.42 Å². The van der Waals surface area contributed by atoms with Crippen LogP contribution in [0.5, 0.6) is 0 Å². The Hall–Kier alpha value is -0.220. The van der Waals surface area contributed by atoms with Crippen LogP contribution < -0.4 is 0 Å². The lowest BCUT2D eigenvalue weighted by Gasteiger charge is -2.19. The first-order valence-electron chi connectivity index (χ1n) is 4.70. The molecule has 0 spiro atoms. The Labute approximate surface area is 83.6 Å². The summed E-state index contributed by atoms with van der Waals surface area (Å²) in [6.45, 7) is 2.01. The Bertz CT molecular complexity index is 210. The summed E-state index contributed by atoms with van der Waals surface area (Å²) in [7, 11) is -3.02. The highest BCUT2D eigenvalue weighted by Crippen LogP contribution is 2.28. The number of rotatable bonds is 7. The van der Waals surface area contributed by atoms with Crippen LogP contribution in [0.1, 0.15) is 39.0 Å². The molecule has 0 aromatic carbocycles. The van der Waals surface area contributed by atoms with Gasteiger partial charge in [0.2, 0.25) is 0 Å². The van der Waals surface area contributed by atoms with Crippen molar-refractivity contribution in [2.75, 3.05) is 0 Å². The monoisotopic (exact) mass is 224 g/mol. The molecule has 0 aromatic rings. The molecule has 84 valence electrons. The van der Waals surface area contributed by atoms with Crippen molar-refractivity contribution in [2.24, 2.45) is 0 Å². The van der Waals surface area contributed by atoms with E-state index >= 15 is 0 Å². The minimum atomic E-state index is -3.11. The lowest BCUT2D eigenvalue weighted by atomic mass is 10.1. The molecule has 0 rings (SSSR count). The molecule has 14 heavy (non-hydrogen) atoms. The molecule has 3 N–H and O–H groups in total. The summed E-state index contributed by atoms with van der Waals surface area (Å²) in [5, 5.41) is 26.2. The first-order valence-corrected chi connectivity index (χ1v) is 5.94. The maximum atomic E-state index is 10.6. The van der Waals surface area contributed by atoms with E-state index in [1.165, 1.54) is 0 Å². The summed E-state index contributed by atoms with van der Waals surface area (Å²) in [5.74, 6) is -3.11. The van der Waals surface area contributed by atoms with Gasteiger partial charge in [0.25, 0.3) is 5.97 Å². The lowest BCUT2D eigenvalue weighted by molar-refractivity contribution is -0.311. The van der Waals surface area contributed by atoms with E-state index in [1.54, 1.807) is 0 Å². The summed E-state index contributed by atoms with van der Waals surface area (Å²) in [4.78, 5) is 0. The zero-order chi connectivity index (χ0) is 11.2. The molecule has 0 aliphatic carbocycles. The van der Waals surface area contributed by atoms with Crippen LogP contribution in [0.2, 0.25) is 0 Å². The van der Waals surface area contributed by atoms with Gasteiger partial charge >= 0.3 is 7.68 Å². The van der Waals surface area contributed by atoms with Crippen molar-refractivity contribution in [1.29, 1.82) is 0 Å². The Morgan fingerprint density at radius 3 is 2.07 bits per heavy atom. The van der Waals surface area contributed by atoms with Crippen molar-refractivity contribution >= 4 is 7.68 Å². The van der Waals surface area contributed by atoms with Crippen molar-refractivity contribution in [3.8, 4) is 0 Å². The van der Waals surface area contributed by atoms with Crippen LogP contribution in [0.15, 0.2) is 0 Å². The van der Waals surface area contributed by atoms with Crippen molar-refractivity contribution in [1.82, 2.24) is 0 Å². The lowest BCUT2D eigenvalue weighted by Crippen LogP contribution is -2.38. The molecule has 0 fully saturated rings.